The van der Waals surface area contributed by atoms with Crippen molar-refractivity contribution >= 4 is 17.3 Å². The van der Waals surface area contributed by atoms with E-state index in [9.17, 15) is 13.2 Å². The third-order valence-electron chi connectivity index (χ3n) is 6.77. The van der Waals surface area contributed by atoms with Gasteiger partial charge in [0, 0.05) is 30.7 Å². The monoisotopic (exact) mass is 512 g/mol. The van der Waals surface area contributed by atoms with Crippen molar-refractivity contribution in [2.45, 2.75) is 51.4 Å². The molecule has 10 heteroatoms. The predicted molar refractivity (Wildman–Crippen MR) is 138 cm³/mol. The van der Waals surface area contributed by atoms with Crippen LogP contribution in [0.25, 0.3) is 0 Å². The Labute approximate surface area is 214 Å². The number of likely N-dealkylation sites (tertiary alicyclic amines) is 1. The number of nitrogens with zero attached hydrogens (tertiary/aromatic N) is 3. The first kappa shape index (κ1) is 26.4. The number of halogens is 3. The number of alkyl halides is 3. The topological polar surface area (TPSA) is 100 Å². The number of benzene rings is 2. The van der Waals surface area contributed by atoms with Gasteiger partial charge in [-0.25, -0.2) is 9.97 Å². The van der Waals surface area contributed by atoms with Crippen molar-refractivity contribution in [1.82, 2.24) is 14.9 Å². The number of piperidine rings is 1. The van der Waals surface area contributed by atoms with Crippen LogP contribution in [-0.2, 0) is 6.18 Å². The summed E-state index contributed by atoms with van der Waals surface area (Å²) in [7, 11) is 0. The van der Waals surface area contributed by atoms with Crippen LogP contribution in [0.4, 0.5) is 24.8 Å². The van der Waals surface area contributed by atoms with Crippen LogP contribution < -0.4 is 15.8 Å². The Morgan fingerprint density at radius 2 is 1.68 bits per heavy atom. The number of hydrogen-bond acceptors (Lipinski definition) is 7. The fraction of sp³-hybridized carbons (Fsp3) is 0.370. The van der Waals surface area contributed by atoms with E-state index in [1.807, 2.05) is 0 Å². The maximum Gasteiger partial charge on any atom is 0.416 e. The van der Waals surface area contributed by atoms with E-state index < -0.39 is 11.7 Å². The van der Waals surface area contributed by atoms with E-state index in [0.29, 0.717) is 28.7 Å². The summed E-state index contributed by atoms with van der Waals surface area (Å²) in [6.45, 7) is 6.45. The van der Waals surface area contributed by atoms with Crippen molar-refractivity contribution in [3.63, 3.8) is 0 Å². The van der Waals surface area contributed by atoms with E-state index in [0.717, 1.165) is 44.5 Å². The third-order valence-corrected chi connectivity index (χ3v) is 6.77. The van der Waals surface area contributed by atoms with Crippen LogP contribution in [0.2, 0.25) is 0 Å². The maximum atomic E-state index is 12.8. The minimum Gasteiger partial charge on any atom is -0.457 e. The van der Waals surface area contributed by atoms with Crippen LogP contribution in [0.3, 0.4) is 0 Å². The van der Waals surface area contributed by atoms with Gasteiger partial charge in [-0.2, -0.15) is 13.2 Å². The Kier molecular flexibility index (Phi) is 7.97. The molecule has 0 spiro atoms. The van der Waals surface area contributed by atoms with Gasteiger partial charge in [-0.3, -0.25) is 5.41 Å². The van der Waals surface area contributed by atoms with Gasteiger partial charge in [0.25, 0.3) is 0 Å². The number of nitrogens with one attached hydrogen (secondary N) is 2. The van der Waals surface area contributed by atoms with Gasteiger partial charge in [0.05, 0.1) is 16.8 Å². The molecule has 7 nitrogen and oxygen atoms in total. The molecular weight excluding hydrogens is 481 g/mol. The minimum atomic E-state index is -4.40. The summed E-state index contributed by atoms with van der Waals surface area (Å²) in [5, 5.41) is 12.3. The molecule has 1 fully saturated rings. The Balaban J connectivity index is 1.45. The van der Waals surface area contributed by atoms with Gasteiger partial charge in [-0.15, -0.1) is 0 Å². The summed E-state index contributed by atoms with van der Waals surface area (Å²) in [6.07, 6.45) is 0.0516. The normalized spacial score (nSPS) is 15.8. The lowest BCUT2D eigenvalue weighted by atomic mass is 10.0. The van der Waals surface area contributed by atoms with Crippen LogP contribution in [0, 0.1) is 5.41 Å². The van der Waals surface area contributed by atoms with Crippen LogP contribution in [-0.4, -0.2) is 45.8 Å². The van der Waals surface area contributed by atoms with Crippen molar-refractivity contribution in [2.24, 2.45) is 0 Å². The van der Waals surface area contributed by atoms with Crippen molar-refractivity contribution < 1.29 is 17.9 Å². The largest absolute Gasteiger partial charge is 0.457 e. The van der Waals surface area contributed by atoms with Gasteiger partial charge >= 0.3 is 6.18 Å². The molecule has 1 aliphatic heterocycles. The number of ether oxygens (including phenoxy) is 1. The molecule has 4 rings (SSSR count). The van der Waals surface area contributed by atoms with Gasteiger partial charge in [0.2, 0.25) is 0 Å². The maximum absolute atomic E-state index is 12.8. The molecule has 4 N–H and O–H groups in total. The minimum absolute atomic E-state index is 0.165. The zero-order chi connectivity index (χ0) is 26.6. The van der Waals surface area contributed by atoms with Gasteiger partial charge in [-0.05, 0) is 74.7 Å². The second-order valence-corrected chi connectivity index (χ2v) is 9.22. The molecular formula is C27H31F3N6O. The lowest BCUT2D eigenvalue weighted by Gasteiger charge is -2.36. The smallest absolute Gasteiger partial charge is 0.416 e. The number of nitrogens with two attached hydrogens (primary N) is 1. The summed E-state index contributed by atoms with van der Waals surface area (Å²) in [5.74, 6) is 1.46. The lowest BCUT2D eigenvalue weighted by molar-refractivity contribution is -0.137. The molecule has 2 heterocycles. The number of hydrogen-bond donors (Lipinski definition) is 3. The first-order chi connectivity index (χ1) is 17.7. The summed E-state index contributed by atoms with van der Waals surface area (Å²) in [4.78, 5) is 11.0. The lowest BCUT2D eigenvalue weighted by Crippen LogP contribution is -2.43. The molecule has 1 unspecified atom stereocenters. The molecule has 196 valence electrons. The van der Waals surface area contributed by atoms with Crippen molar-refractivity contribution in [1.29, 1.82) is 5.41 Å². The molecule has 1 atom stereocenters. The van der Waals surface area contributed by atoms with Crippen LogP contribution in [0.1, 0.15) is 49.8 Å². The first-order valence-corrected chi connectivity index (χ1v) is 12.3. The van der Waals surface area contributed by atoms with Crippen molar-refractivity contribution in [2.75, 3.05) is 24.1 Å². The van der Waals surface area contributed by atoms with E-state index in [1.165, 1.54) is 18.5 Å². The molecule has 0 bridgehead atoms. The van der Waals surface area contributed by atoms with E-state index in [4.69, 9.17) is 15.9 Å². The van der Waals surface area contributed by atoms with Crippen LogP contribution >= 0.6 is 0 Å². The number of aromatic nitrogens is 2. The van der Waals surface area contributed by atoms with E-state index in [2.05, 4.69) is 34.0 Å². The third kappa shape index (κ3) is 6.37. The Bertz CT molecular complexity index is 1210. The Hall–Kier alpha value is -3.66. The second kappa shape index (κ2) is 11.2. The number of anilines is 2. The first-order valence-electron chi connectivity index (χ1n) is 12.3. The SMILES string of the molecule is CCC(C)N1CCC(Nc2ncnc(N)c2C(=N)c2ccc(Oc3ccc(C(F)(F)F)cc3)cc2)CC1. The second-order valence-electron chi connectivity index (χ2n) is 9.22. The highest BCUT2D eigenvalue weighted by Crippen LogP contribution is 2.32. The van der Waals surface area contributed by atoms with Crippen LogP contribution in [0.15, 0.2) is 54.9 Å². The zero-order valence-electron chi connectivity index (χ0n) is 20.8. The Morgan fingerprint density at radius 1 is 1.08 bits per heavy atom. The molecule has 1 saturated heterocycles. The highest BCUT2D eigenvalue weighted by Gasteiger charge is 2.30. The molecule has 0 saturated carbocycles. The molecule has 3 aromatic rings. The molecule has 1 aromatic heterocycles. The average molecular weight is 513 g/mol. The highest BCUT2D eigenvalue weighted by molar-refractivity contribution is 6.16. The van der Waals surface area contributed by atoms with Gasteiger partial charge in [0.15, 0.2) is 0 Å². The summed E-state index contributed by atoms with van der Waals surface area (Å²) in [6, 6.07) is 12.0. The van der Waals surface area contributed by atoms with E-state index >= 15 is 0 Å². The molecule has 0 radical (unpaired) electrons. The van der Waals surface area contributed by atoms with Gasteiger partial charge < -0.3 is 20.7 Å². The molecule has 37 heavy (non-hydrogen) atoms. The summed E-state index contributed by atoms with van der Waals surface area (Å²) < 4.78 is 44.0. The summed E-state index contributed by atoms with van der Waals surface area (Å²) >= 11 is 0. The van der Waals surface area contributed by atoms with Crippen LogP contribution in [0.5, 0.6) is 11.5 Å². The fourth-order valence-electron chi connectivity index (χ4n) is 4.37. The van der Waals surface area contributed by atoms with Gasteiger partial charge in [-0.1, -0.05) is 6.92 Å². The Morgan fingerprint density at radius 3 is 2.24 bits per heavy atom. The molecule has 1 aliphatic rings. The predicted octanol–water partition coefficient (Wildman–Crippen LogP) is 5.96. The standard InChI is InChI=1S/C27H31F3N6O/c1-3-17(2)36-14-12-20(13-15-36)35-26-23(25(32)33-16-34-26)24(31)18-4-8-21(9-5-18)37-22-10-6-19(7-11-22)27(28,29)30/h4-11,16-17,20,31H,3,12-15H2,1-2H3,(H3,32,33,34,35). The fourth-order valence-corrected chi connectivity index (χ4v) is 4.37. The zero-order valence-corrected chi connectivity index (χ0v) is 20.8. The number of nitrogen functional groups attached to an aromatic ring is 1. The van der Waals surface area contributed by atoms with E-state index in [-0.39, 0.29) is 23.3 Å². The highest BCUT2D eigenvalue weighted by atomic mass is 19.4. The summed E-state index contributed by atoms with van der Waals surface area (Å²) in [5.41, 5.74) is 6.61. The van der Waals surface area contributed by atoms with E-state index in [1.54, 1.807) is 24.3 Å². The molecule has 2 aromatic carbocycles. The van der Waals surface area contributed by atoms with Crippen molar-refractivity contribution in [3.05, 3.63) is 71.5 Å². The van der Waals surface area contributed by atoms with Gasteiger partial charge in [0.1, 0.15) is 29.5 Å². The molecule has 0 aliphatic carbocycles. The van der Waals surface area contributed by atoms with Crippen molar-refractivity contribution in [3.8, 4) is 11.5 Å². The number of rotatable bonds is 8. The molecule has 0 amide bonds. The quantitative estimate of drug-likeness (QED) is 0.322. The average Bonchev–Trinajstić information content (AvgIpc) is 2.89.